The van der Waals surface area contributed by atoms with Gasteiger partial charge < -0.3 is 0 Å². The maximum Gasteiger partial charge on any atom is 0.0756 e. The molecule has 0 radical (unpaired) electrons. The molecule has 0 saturated heterocycles. The molecule has 18 heavy (non-hydrogen) atoms. The fourth-order valence-corrected chi connectivity index (χ4v) is 2.47. The number of hydrogen-bond acceptors (Lipinski definition) is 1. The Kier molecular flexibility index (Phi) is 2.97. The summed E-state index contributed by atoms with van der Waals surface area (Å²) in [6.07, 6.45) is 2.22. The van der Waals surface area contributed by atoms with Crippen LogP contribution in [0.25, 0.3) is 0 Å². The van der Waals surface area contributed by atoms with Crippen molar-refractivity contribution in [2.75, 3.05) is 0 Å². The number of rotatable bonds is 2. The van der Waals surface area contributed by atoms with Crippen molar-refractivity contribution < 1.29 is 0 Å². The van der Waals surface area contributed by atoms with Crippen LogP contribution < -0.4 is 0 Å². The molecule has 1 aliphatic heterocycles. The smallest absolute Gasteiger partial charge is 0.0756 e. The summed E-state index contributed by atoms with van der Waals surface area (Å²) >= 11 is 0. The molecule has 0 amide bonds. The molecule has 0 aromatic heterocycles. The summed E-state index contributed by atoms with van der Waals surface area (Å²) in [6, 6.07) is 19.6. The first-order valence-electron chi connectivity index (χ1n) is 6.51. The summed E-state index contributed by atoms with van der Waals surface area (Å²) < 4.78 is 0. The zero-order valence-corrected chi connectivity index (χ0v) is 10.6. The molecule has 2 aromatic carbocycles. The van der Waals surface area contributed by atoms with Crippen molar-refractivity contribution >= 4 is 5.71 Å². The van der Waals surface area contributed by atoms with Crippen LogP contribution in [0.3, 0.4) is 0 Å². The molecule has 0 fully saturated rings. The molecule has 0 bridgehead atoms. The van der Waals surface area contributed by atoms with E-state index in [-0.39, 0.29) is 0 Å². The van der Waals surface area contributed by atoms with Crippen molar-refractivity contribution in [2.45, 2.75) is 25.8 Å². The highest BCUT2D eigenvalue weighted by Crippen LogP contribution is 2.30. The molecule has 0 N–H and O–H groups in total. The van der Waals surface area contributed by atoms with Gasteiger partial charge >= 0.3 is 0 Å². The lowest BCUT2D eigenvalue weighted by Gasteiger charge is -2.06. The van der Waals surface area contributed by atoms with E-state index in [0.717, 1.165) is 12.8 Å². The van der Waals surface area contributed by atoms with Gasteiger partial charge in [-0.05, 0) is 30.9 Å². The zero-order chi connectivity index (χ0) is 12.4. The second-order valence-corrected chi connectivity index (χ2v) is 4.91. The van der Waals surface area contributed by atoms with Gasteiger partial charge in [0.2, 0.25) is 0 Å². The minimum atomic E-state index is 0.348. The van der Waals surface area contributed by atoms with Crippen LogP contribution in [0.2, 0.25) is 0 Å². The van der Waals surface area contributed by atoms with Crippen LogP contribution >= 0.6 is 0 Å². The van der Waals surface area contributed by atoms with Gasteiger partial charge in [0.05, 0.1) is 6.04 Å². The van der Waals surface area contributed by atoms with Crippen molar-refractivity contribution in [3.63, 3.8) is 0 Å². The second-order valence-electron chi connectivity index (χ2n) is 4.91. The molecular formula is C17H17N. The fraction of sp³-hybridized carbons (Fsp3) is 0.235. The van der Waals surface area contributed by atoms with E-state index < -0.39 is 0 Å². The lowest BCUT2D eigenvalue weighted by Crippen LogP contribution is -1.94. The molecular weight excluding hydrogens is 218 g/mol. The number of benzene rings is 2. The molecule has 1 unspecified atom stereocenters. The molecule has 1 heterocycles. The summed E-state index contributed by atoms with van der Waals surface area (Å²) in [4.78, 5) is 4.87. The molecule has 90 valence electrons. The summed E-state index contributed by atoms with van der Waals surface area (Å²) in [5, 5.41) is 0. The Morgan fingerprint density at radius 1 is 0.944 bits per heavy atom. The highest BCUT2D eigenvalue weighted by molar-refractivity contribution is 6.01. The van der Waals surface area contributed by atoms with Crippen LogP contribution in [0, 0.1) is 6.92 Å². The lowest BCUT2D eigenvalue weighted by atomic mass is 10.0. The van der Waals surface area contributed by atoms with Crippen LogP contribution in [0.4, 0.5) is 0 Å². The number of hydrogen-bond donors (Lipinski definition) is 0. The standard InChI is InChI=1S/C17H17N/c1-13-7-9-15(10-8-13)17-12-11-16(18-17)14-5-3-2-4-6-14/h2-10,17H,11-12H2,1H3. The summed E-state index contributed by atoms with van der Waals surface area (Å²) in [7, 11) is 0. The Morgan fingerprint density at radius 2 is 1.67 bits per heavy atom. The third-order valence-corrected chi connectivity index (χ3v) is 3.54. The van der Waals surface area contributed by atoms with Crippen LogP contribution in [0.5, 0.6) is 0 Å². The second kappa shape index (κ2) is 4.77. The fourth-order valence-electron chi connectivity index (χ4n) is 2.47. The van der Waals surface area contributed by atoms with Gasteiger partial charge in [0.15, 0.2) is 0 Å². The normalized spacial score (nSPS) is 18.7. The highest BCUT2D eigenvalue weighted by Gasteiger charge is 2.19. The van der Waals surface area contributed by atoms with E-state index in [2.05, 4.69) is 61.5 Å². The van der Waals surface area contributed by atoms with Gasteiger partial charge in [-0.15, -0.1) is 0 Å². The molecule has 0 spiro atoms. The maximum absolute atomic E-state index is 4.87. The van der Waals surface area contributed by atoms with E-state index in [1.807, 2.05) is 0 Å². The van der Waals surface area contributed by atoms with E-state index in [1.54, 1.807) is 0 Å². The first kappa shape index (κ1) is 11.2. The third kappa shape index (κ3) is 2.21. The summed E-state index contributed by atoms with van der Waals surface area (Å²) in [5.74, 6) is 0. The molecule has 0 saturated carbocycles. The van der Waals surface area contributed by atoms with E-state index >= 15 is 0 Å². The molecule has 1 aliphatic rings. The average molecular weight is 235 g/mol. The Hall–Kier alpha value is -1.89. The van der Waals surface area contributed by atoms with Gasteiger partial charge in [-0.1, -0.05) is 60.2 Å². The van der Waals surface area contributed by atoms with Gasteiger partial charge in [0.25, 0.3) is 0 Å². The summed E-state index contributed by atoms with van der Waals surface area (Å²) in [5.41, 5.74) is 5.17. The number of aliphatic imine (C=N–C) groups is 1. The van der Waals surface area contributed by atoms with Crippen molar-refractivity contribution in [3.8, 4) is 0 Å². The predicted octanol–water partition coefficient (Wildman–Crippen LogP) is 4.32. The van der Waals surface area contributed by atoms with Gasteiger partial charge in [0.1, 0.15) is 0 Å². The van der Waals surface area contributed by atoms with E-state index in [9.17, 15) is 0 Å². The highest BCUT2D eigenvalue weighted by atomic mass is 14.8. The van der Waals surface area contributed by atoms with Gasteiger partial charge in [-0.2, -0.15) is 0 Å². The largest absolute Gasteiger partial charge is 0.281 e. The van der Waals surface area contributed by atoms with Crippen LogP contribution in [0.15, 0.2) is 59.6 Å². The molecule has 1 atom stereocenters. The van der Waals surface area contributed by atoms with Crippen molar-refractivity contribution in [2.24, 2.45) is 4.99 Å². The van der Waals surface area contributed by atoms with Crippen molar-refractivity contribution in [3.05, 3.63) is 71.3 Å². The molecule has 2 aromatic rings. The first-order valence-corrected chi connectivity index (χ1v) is 6.51. The Morgan fingerprint density at radius 3 is 2.39 bits per heavy atom. The monoisotopic (exact) mass is 235 g/mol. The first-order chi connectivity index (χ1) is 8.83. The minimum Gasteiger partial charge on any atom is -0.281 e. The van der Waals surface area contributed by atoms with Crippen molar-refractivity contribution in [1.82, 2.24) is 0 Å². The van der Waals surface area contributed by atoms with Crippen LogP contribution in [-0.2, 0) is 0 Å². The predicted molar refractivity (Wildman–Crippen MR) is 76.1 cm³/mol. The van der Waals surface area contributed by atoms with E-state index in [0.29, 0.717) is 6.04 Å². The Labute approximate surface area is 108 Å². The van der Waals surface area contributed by atoms with E-state index in [4.69, 9.17) is 4.99 Å². The number of nitrogens with zero attached hydrogens (tertiary/aromatic N) is 1. The van der Waals surface area contributed by atoms with E-state index in [1.165, 1.54) is 22.4 Å². The molecule has 3 rings (SSSR count). The Balaban J connectivity index is 1.85. The summed E-state index contributed by atoms with van der Waals surface area (Å²) in [6.45, 7) is 2.12. The van der Waals surface area contributed by atoms with Gasteiger partial charge in [-0.25, -0.2) is 0 Å². The lowest BCUT2D eigenvalue weighted by molar-refractivity contribution is 0.723. The van der Waals surface area contributed by atoms with Gasteiger partial charge in [-0.3, -0.25) is 4.99 Å². The van der Waals surface area contributed by atoms with Crippen LogP contribution in [-0.4, -0.2) is 5.71 Å². The Bertz CT molecular complexity index is 552. The van der Waals surface area contributed by atoms with Crippen LogP contribution in [0.1, 0.15) is 35.6 Å². The van der Waals surface area contributed by atoms with Gasteiger partial charge in [0, 0.05) is 5.71 Å². The zero-order valence-electron chi connectivity index (χ0n) is 10.6. The average Bonchev–Trinajstić information content (AvgIpc) is 2.90. The topological polar surface area (TPSA) is 12.4 Å². The minimum absolute atomic E-state index is 0.348. The SMILES string of the molecule is Cc1ccc(C2CCC(c3ccccc3)=N2)cc1. The quantitative estimate of drug-likeness (QED) is 0.735. The molecule has 1 nitrogen and oxygen atoms in total. The third-order valence-electron chi connectivity index (χ3n) is 3.54. The maximum atomic E-state index is 4.87. The molecule has 0 aliphatic carbocycles. The number of aryl methyl sites for hydroxylation is 1. The molecule has 1 heteroatoms. The van der Waals surface area contributed by atoms with Crippen molar-refractivity contribution in [1.29, 1.82) is 0 Å².